The molecule has 2 rings (SSSR count). The second-order valence-electron chi connectivity index (χ2n) is 4.76. The Hall–Kier alpha value is -1.71. The number of nitrogens with zero attached hydrogens (tertiary/aromatic N) is 1. The average Bonchev–Trinajstić information content (AvgIpc) is 2.16. The molecule has 1 aromatic carbocycles. The molecule has 0 atom stereocenters. The zero-order valence-electron chi connectivity index (χ0n) is 9.78. The Morgan fingerprint density at radius 1 is 1.50 bits per heavy atom. The lowest BCUT2D eigenvalue weighted by molar-refractivity contribution is 0.107. The highest BCUT2D eigenvalue weighted by atomic mass is 16.5. The molecule has 1 aliphatic heterocycles. The lowest BCUT2D eigenvalue weighted by atomic mass is 10.0. The van der Waals surface area contributed by atoms with E-state index in [0.29, 0.717) is 12.3 Å². The average molecular weight is 220 g/mol. The van der Waals surface area contributed by atoms with E-state index in [4.69, 9.17) is 10.5 Å². The number of urea groups is 1. The number of benzene rings is 1. The van der Waals surface area contributed by atoms with Crippen LogP contribution in [-0.2, 0) is 0 Å². The molecule has 86 valence electrons. The molecule has 1 aliphatic rings. The van der Waals surface area contributed by atoms with Crippen LogP contribution in [0.3, 0.4) is 0 Å². The molecule has 0 fully saturated rings. The van der Waals surface area contributed by atoms with E-state index < -0.39 is 11.6 Å². The monoisotopic (exact) mass is 220 g/mol. The van der Waals surface area contributed by atoms with Gasteiger partial charge in [-0.3, -0.25) is 4.90 Å². The van der Waals surface area contributed by atoms with Gasteiger partial charge in [-0.05, 0) is 38.5 Å². The molecule has 0 aromatic heterocycles. The maximum Gasteiger partial charge on any atom is 0.319 e. The second kappa shape index (κ2) is 3.40. The fraction of sp³-hybridized carbons (Fsp3) is 0.417. The van der Waals surface area contributed by atoms with Crippen molar-refractivity contribution in [3.8, 4) is 5.75 Å². The summed E-state index contributed by atoms with van der Waals surface area (Å²) in [5, 5.41) is 0. The lowest BCUT2D eigenvalue weighted by Gasteiger charge is -2.39. The van der Waals surface area contributed by atoms with Gasteiger partial charge in [0.05, 0.1) is 12.2 Å². The molecule has 1 aromatic rings. The van der Waals surface area contributed by atoms with Crippen molar-refractivity contribution in [2.24, 2.45) is 5.73 Å². The maximum atomic E-state index is 11.4. The van der Waals surface area contributed by atoms with E-state index in [-0.39, 0.29) is 0 Å². The zero-order chi connectivity index (χ0) is 11.9. The van der Waals surface area contributed by atoms with Gasteiger partial charge in [-0.25, -0.2) is 4.79 Å². The van der Waals surface area contributed by atoms with Crippen LogP contribution >= 0.6 is 0 Å². The number of primary amides is 1. The van der Waals surface area contributed by atoms with Gasteiger partial charge >= 0.3 is 6.03 Å². The summed E-state index contributed by atoms with van der Waals surface area (Å²) in [5.41, 5.74) is 6.81. The molecule has 0 unspecified atom stereocenters. The van der Waals surface area contributed by atoms with Gasteiger partial charge in [-0.2, -0.15) is 0 Å². The van der Waals surface area contributed by atoms with Crippen LogP contribution in [0.1, 0.15) is 19.4 Å². The summed E-state index contributed by atoms with van der Waals surface area (Å²) in [6, 6.07) is 5.30. The lowest BCUT2D eigenvalue weighted by Crippen LogP contribution is -2.51. The Balaban J connectivity index is 2.51. The SMILES string of the molecule is Cc1ccc2c(c1)N(C(N)=O)CC(C)(C)O2. The molecule has 0 aliphatic carbocycles. The highest BCUT2D eigenvalue weighted by Crippen LogP contribution is 2.37. The molecule has 0 saturated heterocycles. The summed E-state index contributed by atoms with van der Waals surface area (Å²) < 4.78 is 5.81. The highest BCUT2D eigenvalue weighted by Gasteiger charge is 2.33. The molecule has 16 heavy (non-hydrogen) atoms. The Morgan fingerprint density at radius 2 is 2.19 bits per heavy atom. The molecule has 0 saturated carbocycles. The maximum absolute atomic E-state index is 11.4. The third kappa shape index (κ3) is 1.83. The Labute approximate surface area is 95.0 Å². The van der Waals surface area contributed by atoms with Crippen LogP contribution in [0, 0.1) is 6.92 Å². The minimum atomic E-state index is -0.441. The van der Waals surface area contributed by atoms with Crippen molar-refractivity contribution < 1.29 is 9.53 Å². The minimum absolute atomic E-state index is 0.405. The molecule has 4 heteroatoms. The van der Waals surface area contributed by atoms with Crippen LogP contribution in [0.25, 0.3) is 0 Å². The van der Waals surface area contributed by atoms with Crippen LogP contribution < -0.4 is 15.4 Å². The zero-order valence-corrected chi connectivity index (χ0v) is 9.78. The second-order valence-corrected chi connectivity index (χ2v) is 4.76. The van der Waals surface area contributed by atoms with Gasteiger partial charge in [0.15, 0.2) is 0 Å². The molecule has 4 nitrogen and oxygen atoms in total. The van der Waals surface area contributed by atoms with Crippen LogP contribution in [-0.4, -0.2) is 18.2 Å². The largest absolute Gasteiger partial charge is 0.484 e. The summed E-state index contributed by atoms with van der Waals surface area (Å²) in [4.78, 5) is 13.0. The number of fused-ring (bicyclic) bond motifs is 1. The van der Waals surface area contributed by atoms with E-state index in [2.05, 4.69) is 0 Å². The van der Waals surface area contributed by atoms with Crippen LogP contribution in [0.15, 0.2) is 18.2 Å². The van der Waals surface area contributed by atoms with E-state index in [0.717, 1.165) is 11.3 Å². The number of anilines is 1. The molecular weight excluding hydrogens is 204 g/mol. The van der Waals surface area contributed by atoms with E-state index >= 15 is 0 Å². The number of ether oxygens (including phenoxy) is 1. The van der Waals surface area contributed by atoms with Crippen molar-refractivity contribution in [2.45, 2.75) is 26.4 Å². The summed E-state index contributed by atoms with van der Waals surface area (Å²) >= 11 is 0. The molecular formula is C12H16N2O2. The van der Waals surface area contributed by atoms with Crippen molar-refractivity contribution in [1.82, 2.24) is 0 Å². The van der Waals surface area contributed by atoms with Crippen molar-refractivity contribution in [1.29, 1.82) is 0 Å². The van der Waals surface area contributed by atoms with E-state index in [1.54, 1.807) is 4.90 Å². The number of nitrogens with two attached hydrogens (primary N) is 1. The summed E-state index contributed by atoms with van der Waals surface area (Å²) in [7, 11) is 0. The molecule has 2 amide bonds. The van der Waals surface area contributed by atoms with Gasteiger partial charge in [-0.1, -0.05) is 6.07 Å². The van der Waals surface area contributed by atoms with Crippen LogP contribution in [0.2, 0.25) is 0 Å². The van der Waals surface area contributed by atoms with Gasteiger partial charge in [0.25, 0.3) is 0 Å². The fourth-order valence-corrected chi connectivity index (χ4v) is 1.92. The van der Waals surface area contributed by atoms with Gasteiger partial charge in [0.1, 0.15) is 11.4 Å². The van der Waals surface area contributed by atoms with E-state index in [9.17, 15) is 4.79 Å². The number of rotatable bonds is 0. The molecule has 2 N–H and O–H groups in total. The molecule has 0 radical (unpaired) electrons. The summed E-state index contributed by atoms with van der Waals surface area (Å²) in [6.07, 6.45) is 0. The topological polar surface area (TPSA) is 55.6 Å². The van der Waals surface area contributed by atoms with Gasteiger partial charge in [0, 0.05) is 0 Å². The first-order valence-corrected chi connectivity index (χ1v) is 5.26. The predicted molar refractivity (Wildman–Crippen MR) is 62.8 cm³/mol. The third-order valence-electron chi connectivity index (χ3n) is 2.60. The van der Waals surface area contributed by atoms with Gasteiger partial charge in [0.2, 0.25) is 0 Å². The molecule has 0 bridgehead atoms. The fourth-order valence-electron chi connectivity index (χ4n) is 1.92. The first-order valence-electron chi connectivity index (χ1n) is 5.26. The Kier molecular flexibility index (Phi) is 2.30. The van der Waals surface area contributed by atoms with Crippen molar-refractivity contribution in [3.63, 3.8) is 0 Å². The van der Waals surface area contributed by atoms with Crippen LogP contribution in [0.4, 0.5) is 10.5 Å². The first-order chi connectivity index (χ1) is 7.39. The van der Waals surface area contributed by atoms with E-state index in [1.165, 1.54) is 0 Å². The predicted octanol–water partition coefficient (Wildman–Crippen LogP) is 2.05. The normalized spacial score (nSPS) is 17.6. The number of hydrogen-bond donors (Lipinski definition) is 1. The number of carbonyl (C=O) groups is 1. The number of aryl methyl sites for hydroxylation is 1. The Morgan fingerprint density at radius 3 is 2.81 bits per heavy atom. The summed E-state index contributed by atoms with van der Waals surface area (Å²) in [5.74, 6) is 0.709. The third-order valence-corrected chi connectivity index (χ3v) is 2.60. The summed E-state index contributed by atoms with van der Waals surface area (Å²) in [6.45, 7) is 6.31. The standard InChI is InChI=1S/C12H16N2O2/c1-8-4-5-10-9(6-8)14(11(13)15)7-12(2,3)16-10/h4-6H,7H2,1-3H3,(H2,13,15). The number of hydrogen-bond acceptors (Lipinski definition) is 2. The van der Waals surface area contributed by atoms with E-state index in [1.807, 2.05) is 39.0 Å². The first kappa shape index (κ1) is 10.8. The molecule has 0 spiro atoms. The Bertz CT molecular complexity index is 441. The highest BCUT2D eigenvalue weighted by molar-refractivity contribution is 5.93. The quantitative estimate of drug-likeness (QED) is 0.727. The van der Waals surface area contributed by atoms with Crippen molar-refractivity contribution in [3.05, 3.63) is 23.8 Å². The van der Waals surface area contributed by atoms with Crippen molar-refractivity contribution in [2.75, 3.05) is 11.4 Å². The molecule has 1 heterocycles. The smallest absolute Gasteiger partial charge is 0.319 e. The van der Waals surface area contributed by atoms with Crippen LogP contribution in [0.5, 0.6) is 5.75 Å². The minimum Gasteiger partial charge on any atom is -0.484 e. The number of carbonyl (C=O) groups excluding carboxylic acids is 1. The number of amides is 2. The van der Waals surface area contributed by atoms with Crippen molar-refractivity contribution >= 4 is 11.7 Å². The van der Waals surface area contributed by atoms with Gasteiger partial charge in [-0.15, -0.1) is 0 Å². The van der Waals surface area contributed by atoms with Gasteiger partial charge < -0.3 is 10.5 Å².